The maximum absolute atomic E-state index is 12.9. The van der Waals surface area contributed by atoms with Crippen molar-refractivity contribution in [3.8, 4) is 0 Å². The number of hydrogen-bond donors (Lipinski definition) is 1. The zero-order chi connectivity index (χ0) is 22.9. The van der Waals surface area contributed by atoms with Crippen molar-refractivity contribution in [3.05, 3.63) is 22.8 Å². The molecule has 1 aliphatic carbocycles. The molecule has 3 fully saturated rings. The standard InChI is InChI=1S/C21H29ClF3N5OS/c22-17-11-15(21(23,24)25)12-27-19(17)29-7-5-28(6-8-29)16-3-1-14(2-4-16)18(26)20(31)30-9-10-32-13-30/h11-12,14,16,18H,1-10,13,26H2/t14?,16?,18-/m0/s1. The third-order valence-corrected chi connectivity index (χ3v) is 8.12. The number of carbonyl (C=O) groups excluding carboxylic acids is 1. The second-order valence-electron chi connectivity index (χ2n) is 8.78. The van der Waals surface area contributed by atoms with E-state index in [9.17, 15) is 18.0 Å². The highest BCUT2D eigenvalue weighted by molar-refractivity contribution is 7.99. The van der Waals surface area contributed by atoms with Gasteiger partial charge in [0.2, 0.25) is 5.91 Å². The Morgan fingerprint density at radius 1 is 1.16 bits per heavy atom. The number of pyridine rings is 1. The Morgan fingerprint density at radius 2 is 1.84 bits per heavy atom. The fourth-order valence-electron chi connectivity index (χ4n) is 4.94. The highest BCUT2D eigenvalue weighted by atomic mass is 35.5. The van der Waals surface area contributed by atoms with Gasteiger partial charge in [-0.15, -0.1) is 11.8 Å². The number of carbonyl (C=O) groups is 1. The third-order valence-electron chi connectivity index (χ3n) is 6.88. The molecule has 1 saturated carbocycles. The zero-order valence-corrected chi connectivity index (χ0v) is 19.4. The van der Waals surface area contributed by atoms with Crippen molar-refractivity contribution in [1.82, 2.24) is 14.8 Å². The summed E-state index contributed by atoms with van der Waals surface area (Å²) in [6, 6.07) is 0.997. The summed E-state index contributed by atoms with van der Waals surface area (Å²) in [5.41, 5.74) is 5.49. The molecule has 1 amide bonds. The Morgan fingerprint density at radius 3 is 2.41 bits per heavy atom. The second kappa shape index (κ2) is 9.95. The van der Waals surface area contributed by atoms with Crippen LogP contribution in [0.3, 0.4) is 0 Å². The predicted octanol–water partition coefficient (Wildman–Crippen LogP) is 3.29. The van der Waals surface area contributed by atoms with Crippen molar-refractivity contribution in [2.45, 2.75) is 43.9 Å². The predicted molar refractivity (Wildman–Crippen MR) is 121 cm³/mol. The SMILES string of the molecule is N[C@H](C(=O)N1CCSC1)C1CCC(N2CCN(c3ncc(C(F)(F)F)cc3Cl)CC2)CC1. The molecule has 178 valence electrons. The van der Waals surface area contributed by atoms with Gasteiger partial charge in [-0.25, -0.2) is 4.98 Å². The Balaban J connectivity index is 1.26. The summed E-state index contributed by atoms with van der Waals surface area (Å²) in [5, 5.41) is 0.0313. The number of rotatable bonds is 4. The molecule has 11 heteroatoms. The van der Waals surface area contributed by atoms with Crippen molar-refractivity contribution in [3.63, 3.8) is 0 Å². The van der Waals surface area contributed by atoms with Gasteiger partial charge in [-0.1, -0.05) is 11.6 Å². The van der Waals surface area contributed by atoms with E-state index in [4.69, 9.17) is 17.3 Å². The molecule has 6 nitrogen and oxygen atoms in total. The highest BCUT2D eigenvalue weighted by Gasteiger charge is 2.36. The summed E-state index contributed by atoms with van der Waals surface area (Å²) in [4.78, 5) is 22.9. The van der Waals surface area contributed by atoms with E-state index in [1.54, 1.807) is 11.8 Å². The van der Waals surface area contributed by atoms with Crippen LogP contribution in [0.15, 0.2) is 12.3 Å². The van der Waals surface area contributed by atoms with E-state index in [0.717, 1.165) is 69.2 Å². The van der Waals surface area contributed by atoms with Crippen molar-refractivity contribution >= 4 is 35.1 Å². The fraction of sp³-hybridized carbons (Fsp3) is 0.714. The third kappa shape index (κ3) is 5.29. The summed E-state index contributed by atoms with van der Waals surface area (Å²) >= 11 is 7.88. The molecule has 0 unspecified atom stereocenters. The molecule has 2 aliphatic heterocycles. The first kappa shape index (κ1) is 23.9. The van der Waals surface area contributed by atoms with Gasteiger partial charge in [0.05, 0.1) is 22.5 Å². The van der Waals surface area contributed by atoms with Crippen LogP contribution in [-0.4, -0.2) is 77.1 Å². The van der Waals surface area contributed by atoms with Crippen molar-refractivity contribution in [1.29, 1.82) is 0 Å². The van der Waals surface area contributed by atoms with Crippen LogP contribution in [0.1, 0.15) is 31.2 Å². The number of aromatic nitrogens is 1. The Hall–Kier alpha value is -1.23. The summed E-state index contributed by atoms with van der Waals surface area (Å²) < 4.78 is 38.6. The lowest BCUT2D eigenvalue weighted by Gasteiger charge is -2.43. The van der Waals surface area contributed by atoms with E-state index >= 15 is 0 Å². The van der Waals surface area contributed by atoms with Crippen molar-refractivity contribution in [2.75, 3.05) is 49.3 Å². The van der Waals surface area contributed by atoms with Crippen molar-refractivity contribution < 1.29 is 18.0 Å². The summed E-state index contributed by atoms with van der Waals surface area (Å²) in [5.74, 6) is 2.48. The number of piperazine rings is 1. The average Bonchev–Trinajstić information content (AvgIpc) is 3.33. The minimum Gasteiger partial charge on any atom is -0.353 e. The summed E-state index contributed by atoms with van der Waals surface area (Å²) in [6.45, 7) is 3.76. The van der Waals surface area contributed by atoms with E-state index in [0.29, 0.717) is 24.9 Å². The number of halogens is 4. The van der Waals surface area contributed by atoms with Gasteiger partial charge in [0.25, 0.3) is 0 Å². The molecule has 2 N–H and O–H groups in total. The van der Waals surface area contributed by atoms with Gasteiger partial charge in [0, 0.05) is 50.7 Å². The summed E-state index contributed by atoms with van der Waals surface area (Å²) in [6.07, 6.45) is 0.322. The Kier molecular flexibility index (Phi) is 7.43. The zero-order valence-electron chi connectivity index (χ0n) is 17.9. The number of nitrogens with zero attached hydrogens (tertiary/aromatic N) is 4. The normalized spacial score (nSPS) is 26.4. The first-order valence-corrected chi connectivity index (χ1v) is 12.6. The molecule has 4 rings (SSSR count). The molecule has 3 heterocycles. The van der Waals surface area contributed by atoms with E-state index in [-0.39, 0.29) is 16.8 Å². The Bertz CT molecular complexity index is 807. The van der Waals surface area contributed by atoms with Crippen LogP contribution in [0.2, 0.25) is 5.02 Å². The molecule has 1 aromatic heterocycles. The lowest BCUT2D eigenvalue weighted by molar-refractivity contribution is -0.137. The lowest BCUT2D eigenvalue weighted by atomic mass is 9.80. The number of alkyl halides is 3. The van der Waals surface area contributed by atoms with Gasteiger partial charge < -0.3 is 15.5 Å². The van der Waals surface area contributed by atoms with Crippen LogP contribution < -0.4 is 10.6 Å². The van der Waals surface area contributed by atoms with Crippen LogP contribution in [0.4, 0.5) is 19.0 Å². The monoisotopic (exact) mass is 491 g/mol. The number of nitrogens with two attached hydrogens (primary N) is 1. The molecule has 0 radical (unpaired) electrons. The Labute approximate surface area is 195 Å². The molecular formula is C21H29ClF3N5OS. The molecule has 1 aromatic rings. The lowest BCUT2D eigenvalue weighted by Crippen LogP contribution is -2.53. The minimum atomic E-state index is -4.45. The topological polar surface area (TPSA) is 65.7 Å². The first-order chi connectivity index (χ1) is 15.2. The molecule has 1 atom stereocenters. The number of thioether (sulfide) groups is 1. The van der Waals surface area contributed by atoms with Gasteiger partial charge in [-0.05, 0) is 37.7 Å². The molecule has 2 saturated heterocycles. The van der Waals surface area contributed by atoms with E-state index < -0.39 is 17.8 Å². The molecule has 0 spiro atoms. The van der Waals surface area contributed by atoms with E-state index in [1.165, 1.54) is 0 Å². The number of hydrogen-bond acceptors (Lipinski definition) is 6. The molecule has 0 aromatic carbocycles. The van der Waals surface area contributed by atoms with Gasteiger partial charge in [-0.2, -0.15) is 13.2 Å². The average molecular weight is 492 g/mol. The largest absolute Gasteiger partial charge is 0.417 e. The van der Waals surface area contributed by atoms with Crippen LogP contribution in [0.5, 0.6) is 0 Å². The molecule has 0 bridgehead atoms. The molecule has 3 aliphatic rings. The van der Waals surface area contributed by atoms with Gasteiger partial charge >= 0.3 is 6.18 Å². The maximum Gasteiger partial charge on any atom is 0.417 e. The van der Waals surface area contributed by atoms with Crippen LogP contribution in [0, 0.1) is 5.92 Å². The van der Waals surface area contributed by atoms with Gasteiger partial charge in [-0.3, -0.25) is 9.69 Å². The van der Waals surface area contributed by atoms with Crippen LogP contribution in [-0.2, 0) is 11.0 Å². The minimum absolute atomic E-state index is 0.0313. The van der Waals surface area contributed by atoms with Crippen LogP contribution in [0.25, 0.3) is 0 Å². The maximum atomic E-state index is 12.9. The second-order valence-corrected chi connectivity index (χ2v) is 10.3. The van der Waals surface area contributed by atoms with Gasteiger partial charge in [0.15, 0.2) is 0 Å². The first-order valence-electron chi connectivity index (χ1n) is 11.1. The van der Waals surface area contributed by atoms with E-state index in [2.05, 4.69) is 9.88 Å². The highest BCUT2D eigenvalue weighted by Crippen LogP contribution is 2.35. The number of anilines is 1. The smallest absolute Gasteiger partial charge is 0.353 e. The van der Waals surface area contributed by atoms with Crippen molar-refractivity contribution in [2.24, 2.45) is 11.7 Å². The summed E-state index contributed by atoms with van der Waals surface area (Å²) in [7, 11) is 0. The number of amides is 1. The molecule has 32 heavy (non-hydrogen) atoms. The fourth-order valence-corrected chi connectivity index (χ4v) is 6.18. The molecular weight excluding hydrogens is 463 g/mol. The van der Waals surface area contributed by atoms with Crippen LogP contribution >= 0.6 is 23.4 Å². The van der Waals surface area contributed by atoms with E-state index in [1.807, 2.05) is 9.80 Å². The van der Waals surface area contributed by atoms with Gasteiger partial charge in [0.1, 0.15) is 5.82 Å². The quantitative estimate of drug-likeness (QED) is 0.697.